The number of aryl methyl sites for hydroxylation is 2. The summed E-state index contributed by atoms with van der Waals surface area (Å²) >= 11 is 12.7. The number of amides is 2. The number of hydrogen-bond donors (Lipinski definition) is 1. The van der Waals surface area contributed by atoms with Gasteiger partial charge in [0.25, 0.3) is 5.91 Å². The third kappa shape index (κ3) is 7.49. The van der Waals surface area contributed by atoms with Crippen LogP contribution < -0.4 is 10.1 Å². The minimum Gasteiger partial charge on any atom is -0.484 e. The van der Waals surface area contributed by atoms with Gasteiger partial charge >= 0.3 is 0 Å². The zero-order valence-electron chi connectivity index (χ0n) is 20.9. The number of ether oxygens (including phenoxy) is 1. The Morgan fingerprint density at radius 2 is 1.61 bits per heavy atom. The van der Waals surface area contributed by atoms with Gasteiger partial charge in [-0.2, -0.15) is 0 Å². The molecule has 0 saturated carbocycles. The lowest BCUT2D eigenvalue weighted by Gasteiger charge is -2.31. The van der Waals surface area contributed by atoms with Crippen molar-refractivity contribution < 1.29 is 14.3 Å². The van der Waals surface area contributed by atoms with Crippen LogP contribution in [0.3, 0.4) is 0 Å². The first-order chi connectivity index (χ1) is 17.3. The van der Waals surface area contributed by atoms with E-state index in [0.717, 1.165) is 28.7 Å². The summed E-state index contributed by atoms with van der Waals surface area (Å²) in [6.45, 7) is 6.25. The van der Waals surface area contributed by atoms with E-state index in [9.17, 15) is 9.59 Å². The van der Waals surface area contributed by atoms with Crippen LogP contribution in [0.25, 0.3) is 0 Å². The second-order valence-corrected chi connectivity index (χ2v) is 9.55. The van der Waals surface area contributed by atoms with Gasteiger partial charge in [-0.3, -0.25) is 9.59 Å². The van der Waals surface area contributed by atoms with Crippen LogP contribution in [0.2, 0.25) is 10.0 Å². The summed E-state index contributed by atoms with van der Waals surface area (Å²) in [7, 11) is 0. The summed E-state index contributed by atoms with van der Waals surface area (Å²) < 4.78 is 5.88. The summed E-state index contributed by atoms with van der Waals surface area (Å²) in [5.74, 6) is 0.0301. The van der Waals surface area contributed by atoms with Gasteiger partial charge in [0.1, 0.15) is 11.8 Å². The van der Waals surface area contributed by atoms with Crippen LogP contribution in [0.15, 0.2) is 66.7 Å². The first kappa shape index (κ1) is 27.6. The van der Waals surface area contributed by atoms with Crippen LogP contribution in [-0.2, 0) is 22.6 Å². The van der Waals surface area contributed by atoms with E-state index in [1.54, 1.807) is 23.1 Å². The van der Waals surface area contributed by atoms with E-state index in [-0.39, 0.29) is 25.0 Å². The summed E-state index contributed by atoms with van der Waals surface area (Å²) in [6.07, 6.45) is 1.16. The largest absolute Gasteiger partial charge is 0.484 e. The Morgan fingerprint density at radius 3 is 2.25 bits per heavy atom. The van der Waals surface area contributed by atoms with E-state index < -0.39 is 6.04 Å². The molecule has 0 aliphatic carbocycles. The van der Waals surface area contributed by atoms with Crippen LogP contribution in [-0.4, -0.2) is 35.9 Å². The monoisotopic (exact) mass is 526 g/mol. The molecule has 0 bridgehead atoms. The molecular formula is C29H32Cl2N2O3. The minimum atomic E-state index is -0.736. The smallest absolute Gasteiger partial charge is 0.261 e. The quantitative estimate of drug-likeness (QED) is 0.325. The van der Waals surface area contributed by atoms with Crippen LogP contribution in [0.5, 0.6) is 5.75 Å². The van der Waals surface area contributed by atoms with Crippen LogP contribution in [0.4, 0.5) is 0 Å². The highest BCUT2D eigenvalue weighted by Crippen LogP contribution is 2.26. The molecule has 1 N–H and O–H groups in total. The predicted molar refractivity (Wildman–Crippen MR) is 146 cm³/mol. The van der Waals surface area contributed by atoms with Gasteiger partial charge in [-0.25, -0.2) is 0 Å². The number of carbonyl (C=O) groups excluding carboxylic acids is 2. The molecule has 0 spiro atoms. The Hall–Kier alpha value is -3.02. The normalized spacial score (nSPS) is 11.6. The molecule has 0 fully saturated rings. The number of benzene rings is 3. The maximum atomic E-state index is 13.6. The van der Waals surface area contributed by atoms with Gasteiger partial charge in [0.2, 0.25) is 5.91 Å². The van der Waals surface area contributed by atoms with E-state index in [4.69, 9.17) is 27.9 Å². The van der Waals surface area contributed by atoms with E-state index in [1.807, 2.05) is 69.3 Å². The van der Waals surface area contributed by atoms with E-state index >= 15 is 0 Å². The lowest BCUT2D eigenvalue weighted by Crippen LogP contribution is -2.51. The second-order valence-electron chi connectivity index (χ2n) is 8.77. The van der Waals surface area contributed by atoms with Crippen molar-refractivity contribution in [1.82, 2.24) is 10.2 Å². The average Bonchev–Trinajstić information content (AvgIpc) is 2.88. The van der Waals surface area contributed by atoms with Crippen LogP contribution >= 0.6 is 23.2 Å². The number of carbonyl (C=O) groups is 2. The van der Waals surface area contributed by atoms with Gasteiger partial charge < -0.3 is 15.0 Å². The summed E-state index contributed by atoms with van der Waals surface area (Å²) in [4.78, 5) is 28.5. The van der Waals surface area contributed by atoms with Crippen molar-refractivity contribution >= 4 is 35.0 Å². The molecule has 3 aromatic carbocycles. The zero-order chi connectivity index (χ0) is 26.1. The van der Waals surface area contributed by atoms with Gasteiger partial charge in [-0.05, 0) is 60.7 Å². The number of halogens is 2. The molecule has 1 atom stereocenters. The van der Waals surface area contributed by atoms with Crippen LogP contribution in [0, 0.1) is 13.8 Å². The third-order valence-corrected chi connectivity index (χ3v) is 6.86. The molecule has 0 heterocycles. The summed E-state index contributed by atoms with van der Waals surface area (Å²) in [5.41, 5.74) is 3.45. The van der Waals surface area contributed by atoms with Crippen molar-refractivity contribution in [3.05, 3.63) is 99.0 Å². The molecule has 7 heteroatoms. The average molecular weight is 527 g/mol. The molecule has 2 amide bonds. The molecule has 0 radical (unpaired) electrons. The molecule has 5 nitrogen and oxygen atoms in total. The summed E-state index contributed by atoms with van der Waals surface area (Å²) in [5, 5.41) is 4.17. The number of nitrogens with one attached hydrogen (secondary N) is 1. The first-order valence-electron chi connectivity index (χ1n) is 12.0. The molecule has 0 aliphatic rings. The van der Waals surface area contributed by atoms with E-state index in [0.29, 0.717) is 28.8 Å². The molecule has 0 unspecified atom stereocenters. The number of hydrogen-bond acceptors (Lipinski definition) is 3. The number of rotatable bonds is 11. The fourth-order valence-corrected chi connectivity index (χ4v) is 4.25. The standard InChI is InChI=1S/C29H32Cl2N2O3/c1-4-14-32-29(35)26(17-22-10-6-5-7-11-22)33(18-23-12-8-9-13-25(23)30)27(34)19-36-24-15-20(2)28(31)21(3)16-24/h5-13,15-16,26H,4,14,17-19H2,1-3H3,(H,32,35)/t26-/m1/s1. The Morgan fingerprint density at radius 1 is 0.972 bits per heavy atom. The molecule has 0 aromatic heterocycles. The Labute approximate surface area is 223 Å². The molecule has 0 aliphatic heterocycles. The Kier molecular flexibility index (Phi) is 10.2. The van der Waals surface area contributed by atoms with Crippen molar-refractivity contribution in [2.24, 2.45) is 0 Å². The molecular weight excluding hydrogens is 495 g/mol. The highest BCUT2D eigenvalue weighted by molar-refractivity contribution is 6.32. The Balaban J connectivity index is 1.92. The zero-order valence-corrected chi connectivity index (χ0v) is 22.4. The van der Waals surface area contributed by atoms with Gasteiger partial charge in [0.15, 0.2) is 6.61 Å². The van der Waals surface area contributed by atoms with Gasteiger partial charge in [-0.1, -0.05) is 78.7 Å². The SMILES string of the molecule is CCCNC(=O)[C@@H](Cc1ccccc1)N(Cc1ccccc1Cl)C(=O)COc1cc(C)c(Cl)c(C)c1. The molecule has 36 heavy (non-hydrogen) atoms. The lowest BCUT2D eigenvalue weighted by molar-refractivity contribution is -0.142. The minimum absolute atomic E-state index is 0.178. The number of nitrogens with zero attached hydrogens (tertiary/aromatic N) is 1. The van der Waals surface area contributed by atoms with Gasteiger partial charge in [-0.15, -0.1) is 0 Å². The summed E-state index contributed by atoms with van der Waals surface area (Å²) in [6, 6.07) is 19.9. The second kappa shape index (κ2) is 13.3. The fourth-order valence-electron chi connectivity index (χ4n) is 3.95. The molecule has 3 aromatic rings. The maximum Gasteiger partial charge on any atom is 0.261 e. The van der Waals surface area contributed by atoms with Crippen molar-refractivity contribution in [3.63, 3.8) is 0 Å². The lowest BCUT2D eigenvalue weighted by atomic mass is 10.0. The predicted octanol–water partition coefficient (Wildman–Crippen LogP) is 6.16. The van der Waals surface area contributed by atoms with Gasteiger partial charge in [0, 0.05) is 29.6 Å². The third-order valence-electron chi connectivity index (χ3n) is 5.89. The van der Waals surface area contributed by atoms with E-state index in [2.05, 4.69) is 5.32 Å². The maximum absolute atomic E-state index is 13.6. The Bertz CT molecular complexity index is 1160. The molecule has 3 rings (SSSR count). The first-order valence-corrected chi connectivity index (χ1v) is 12.8. The van der Waals surface area contributed by atoms with Crippen LogP contribution in [0.1, 0.15) is 35.6 Å². The highest BCUT2D eigenvalue weighted by Gasteiger charge is 2.31. The van der Waals surface area contributed by atoms with Crippen molar-refractivity contribution in [3.8, 4) is 5.75 Å². The van der Waals surface area contributed by atoms with Gasteiger partial charge in [0.05, 0.1) is 0 Å². The fraction of sp³-hybridized carbons (Fsp3) is 0.310. The van der Waals surface area contributed by atoms with Crippen molar-refractivity contribution in [2.75, 3.05) is 13.2 Å². The van der Waals surface area contributed by atoms with E-state index in [1.165, 1.54) is 0 Å². The molecule has 190 valence electrons. The highest BCUT2D eigenvalue weighted by atomic mass is 35.5. The topological polar surface area (TPSA) is 58.6 Å². The molecule has 0 saturated heterocycles. The van der Waals surface area contributed by atoms with Crippen molar-refractivity contribution in [2.45, 2.75) is 46.2 Å². The van der Waals surface area contributed by atoms with Crippen molar-refractivity contribution in [1.29, 1.82) is 0 Å².